The fraction of sp³-hybridized carbons (Fsp3) is 0.286. The lowest BCUT2D eigenvalue weighted by molar-refractivity contribution is 0.0601. The van der Waals surface area contributed by atoms with Crippen LogP contribution in [0.4, 0.5) is 0 Å². The molecule has 0 radical (unpaired) electrons. The van der Waals surface area contributed by atoms with E-state index in [0.29, 0.717) is 29.1 Å². The summed E-state index contributed by atoms with van der Waals surface area (Å²) in [6.45, 7) is 5.01. The predicted octanol–water partition coefficient (Wildman–Crippen LogP) is 3.49. The lowest BCUT2D eigenvalue weighted by atomic mass is 10.1. The molecule has 3 rings (SSSR count). The number of thiazole rings is 1. The van der Waals surface area contributed by atoms with E-state index < -0.39 is 5.97 Å². The number of aromatic nitrogens is 1. The van der Waals surface area contributed by atoms with Gasteiger partial charge in [-0.15, -0.1) is 0 Å². The number of hydrogen-bond acceptors (Lipinski definition) is 5. The molecule has 0 aliphatic heterocycles. The third kappa shape index (κ3) is 4.05. The lowest BCUT2D eigenvalue weighted by Crippen LogP contribution is -2.19. The minimum Gasteiger partial charge on any atom is -0.465 e. The van der Waals surface area contributed by atoms with Crippen LogP contribution < -0.4 is 4.80 Å². The summed E-state index contributed by atoms with van der Waals surface area (Å²) < 4.78 is 12.8. The molecule has 0 unspecified atom stereocenters. The van der Waals surface area contributed by atoms with Crippen molar-refractivity contribution in [1.82, 2.24) is 4.57 Å². The Bertz CT molecular complexity index is 1110. The number of carbonyl (C=O) groups excluding carboxylic acids is 2. The molecule has 1 amide bonds. The van der Waals surface area contributed by atoms with Crippen LogP contribution in [-0.2, 0) is 16.0 Å². The number of aryl methyl sites for hydroxylation is 2. The van der Waals surface area contributed by atoms with E-state index in [9.17, 15) is 9.59 Å². The van der Waals surface area contributed by atoms with Gasteiger partial charge in [-0.05, 0) is 55.3 Å². The zero-order valence-electron chi connectivity index (χ0n) is 16.3. The van der Waals surface area contributed by atoms with Crippen molar-refractivity contribution in [3.63, 3.8) is 0 Å². The van der Waals surface area contributed by atoms with Crippen molar-refractivity contribution in [3.8, 4) is 0 Å². The number of amides is 1. The summed E-state index contributed by atoms with van der Waals surface area (Å²) in [5, 5.41) is 0. The number of nitrogens with zero attached hydrogens (tertiary/aromatic N) is 2. The maximum Gasteiger partial charge on any atom is 0.337 e. The number of ether oxygens (including phenoxy) is 2. The molecule has 0 saturated carbocycles. The first-order chi connectivity index (χ1) is 13.4. The van der Waals surface area contributed by atoms with Crippen LogP contribution in [0, 0.1) is 13.8 Å². The summed E-state index contributed by atoms with van der Waals surface area (Å²) in [6.07, 6.45) is 0. The van der Waals surface area contributed by atoms with Gasteiger partial charge < -0.3 is 14.0 Å². The number of methoxy groups -OCH3 is 2. The summed E-state index contributed by atoms with van der Waals surface area (Å²) in [5.74, 6) is -0.697. The Labute approximate surface area is 167 Å². The maximum atomic E-state index is 12.7. The molecule has 1 heterocycles. The Morgan fingerprint density at radius 3 is 2.46 bits per heavy atom. The van der Waals surface area contributed by atoms with Crippen LogP contribution in [0.2, 0.25) is 0 Å². The second-order valence-electron chi connectivity index (χ2n) is 6.42. The van der Waals surface area contributed by atoms with Crippen molar-refractivity contribution in [3.05, 3.63) is 63.5 Å². The summed E-state index contributed by atoms with van der Waals surface area (Å²) in [6, 6.07) is 10.9. The molecular weight excluding hydrogens is 376 g/mol. The number of esters is 1. The van der Waals surface area contributed by atoms with Crippen molar-refractivity contribution in [2.24, 2.45) is 4.99 Å². The number of fused-ring (bicyclic) bond motifs is 1. The third-order valence-electron chi connectivity index (χ3n) is 4.57. The molecule has 0 aliphatic rings. The van der Waals surface area contributed by atoms with Crippen molar-refractivity contribution in [1.29, 1.82) is 0 Å². The molecule has 6 nitrogen and oxygen atoms in total. The van der Waals surface area contributed by atoms with Gasteiger partial charge in [0.05, 0.1) is 29.5 Å². The van der Waals surface area contributed by atoms with E-state index in [1.165, 1.54) is 18.4 Å². The van der Waals surface area contributed by atoms with Crippen molar-refractivity contribution < 1.29 is 19.1 Å². The summed E-state index contributed by atoms with van der Waals surface area (Å²) in [4.78, 5) is 29.5. The number of benzene rings is 2. The molecule has 7 heteroatoms. The Hall–Kier alpha value is -2.77. The van der Waals surface area contributed by atoms with Gasteiger partial charge in [0.1, 0.15) is 0 Å². The maximum absolute atomic E-state index is 12.7. The standard InChI is InChI=1S/C21H22N2O4S/c1-13-5-6-15(11-14(13)2)19(24)22-21-23(9-10-26-3)17-8-7-16(20(25)27-4)12-18(17)28-21/h5-8,11-12H,9-10H2,1-4H3. The van der Waals surface area contributed by atoms with E-state index in [1.54, 1.807) is 25.3 Å². The smallest absolute Gasteiger partial charge is 0.337 e. The van der Waals surface area contributed by atoms with Gasteiger partial charge in [-0.1, -0.05) is 17.4 Å². The first-order valence-corrected chi connectivity index (χ1v) is 9.63. The summed E-state index contributed by atoms with van der Waals surface area (Å²) in [7, 11) is 2.98. The molecule has 2 aromatic carbocycles. The average molecular weight is 398 g/mol. The van der Waals surface area contributed by atoms with Crippen LogP contribution in [0.15, 0.2) is 41.4 Å². The molecule has 1 aromatic heterocycles. The fourth-order valence-corrected chi connectivity index (χ4v) is 3.92. The number of hydrogen-bond donors (Lipinski definition) is 0. The van der Waals surface area contributed by atoms with E-state index >= 15 is 0 Å². The highest BCUT2D eigenvalue weighted by Gasteiger charge is 2.13. The van der Waals surface area contributed by atoms with Gasteiger partial charge in [0.2, 0.25) is 0 Å². The second-order valence-corrected chi connectivity index (χ2v) is 7.43. The molecular formula is C21H22N2O4S. The summed E-state index contributed by atoms with van der Waals surface area (Å²) in [5.41, 5.74) is 4.08. The highest BCUT2D eigenvalue weighted by molar-refractivity contribution is 7.16. The van der Waals surface area contributed by atoms with Gasteiger partial charge in [0.25, 0.3) is 5.91 Å². The Morgan fingerprint density at radius 2 is 1.79 bits per heavy atom. The van der Waals surface area contributed by atoms with Crippen LogP contribution >= 0.6 is 11.3 Å². The molecule has 0 bridgehead atoms. The minimum absolute atomic E-state index is 0.297. The van der Waals surface area contributed by atoms with E-state index in [1.807, 2.05) is 36.6 Å². The zero-order valence-corrected chi connectivity index (χ0v) is 17.1. The second kappa shape index (κ2) is 8.50. The van der Waals surface area contributed by atoms with Crippen LogP contribution in [0.25, 0.3) is 10.2 Å². The van der Waals surface area contributed by atoms with Gasteiger partial charge in [-0.3, -0.25) is 4.79 Å². The molecule has 28 heavy (non-hydrogen) atoms. The topological polar surface area (TPSA) is 69.9 Å². The number of carbonyl (C=O) groups is 2. The van der Waals surface area contributed by atoms with Gasteiger partial charge in [0, 0.05) is 19.2 Å². The van der Waals surface area contributed by atoms with Gasteiger partial charge in [-0.2, -0.15) is 4.99 Å². The SMILES string of the molecule is COCCn1c(=NC(=O)c2ccc(C)c(C)c2)sc2cc(C(=O)OC)ccc21. The third-order valence-corrected chi connectivity index (χ3v) is 5.62. The van der Waals surface area contributed by atoms with Crippen LogP contribution in [-0.4, -0.2) is 37.3 Å². The zero-order chi connectivity index (χ0) is 20.3. The van der Waals surface area contributed by atoms with Crippen molar-refractivity contribution >= 4 is 33.4 Å². The number of rotatable bonds is 5. The Morgan fingerprint density at radius 1 is 1.04 bits per heavy atom. The first kappa shape index (κ1) is 20.0. The fourth-order valence-electron chi connectivity index (χ4n) is 2.83. The normalized spacial score (nSPS) is 11.8. The van der Waals surface area contributed by atoms with Crippen molar-refractivity contribution in [2.45, 2.75) is 20.4 Å². The molecule has 0 fully saturated rings. The largest absolute Gasteiger partial charge is 0.465 e. The highest BCUT2D eigenvalue weighted by Crippen LogP contribution is 2.20. The van der Waals surface area contributed by atoms with E-state index in [4.69, 9.17) is 9.47 Å². The van der Waals surface area contributed by atoms with Gasteiger partial charge >= 0.3 is 5.97 Å². The predicted molar refractivity (Wildman–Crippen MR) is 109 cm³/mol. The van der Waals surface area contributed by atoms with Crippen LogP contribution in [0.5, 0.6) is 0 Å². The summed E-state index contributed by atoms with van der Waals surface area (Å²) >= 11 is 1.36. The van der Waals surface area contributed by atoms with E-state index in [2.05, 4.69) is 4.99 Å². The Kier molecular flexibility index (Phi) is 6.06. The molecule has 0 atom stereocenters. The van der Waals surface area contributed by atoms with Crippen molar-refractivity contribution in [2.75, 3.05) is 20.8 Å². The van der Waals surface area contributed by atoms with E-state index in [-0.39, 0.29) is 5.91 Å². The van der Waals surface area contributed by atoms with Gasteiger partial charge in [0.15, 0.2) is 4.80 Å². The van der Waals surface area contributed by atoms with Crippen LogP contribution in [0.3, 0.4) is 0 Å². The lowest BCUT2D eigenvalue weighted by Gasteiger charge is -2.05. The average Bonchev–Trinajstić information content (AvgIpc) is 3.03. The quantitative estimate of drug-likeness (QED) is 0.617. The molecule has 0 N–H and O–H groups in total. The van der Waals surface area contributed by atoms with E-state index in [0.717, 1.165) is 21.3 Å². The van der Waals surface area contributed by atoms with Crippen LogP contribution in [0.1, 0.15) is 31.8 Å². The molecule has 0 aliphatic carbocycles. The molecule has 0 saturated heterocycles. The highest BCUT2D eigenvalue weighted by atomic mass is 32.1. The Balaban J connectivity index is 2.11. The molecule has 3 aromatic rings. The molecule has 0 spiro atoms. The first-order valence-electron chi connectivity index (χ1n) is 8.81. The van der Waals surface area contributed by atoms with Gasteiger partial charge in [-0.25, -0.2) is 4.79 Å². The monoisotopic (exact) mass is 398 g/mol. The minimum atomic E-state index is -0.400. The molecule has 146 valence electrons.